The molecule has 1 aromatic carbocycles. The molecule has 0 fully saturated rings. The van der Waals surface area contributed by atoms with Crippen molar-refractivity contribution in [3.8, 4) is 5.75 Å². The maximum absolute atomic E-state index is 11.7. The van der Waals surface area contributed by atoms with Crippen LogP contribution in [0.4, 0.5) is 5.69 Å². The van der Waals surface area contributed by atoms with E-state index < -0.39 is 0 Å². The largest absolute Gasteiger partial charge is 0.493 e. The van der Waals surface area contributed by atoms with Gasteiger partial charge in [0.2, 0.25) is 0 Å². The van der Waals surface area contributed by atoms with Crippen molar-refractivity contribution in [2.24, 2.45) is 0 Å². The molecule has 0 saturated heterocycles. The summed E-state index contributed by atoms with van der Waals surface area (Å²) in [6.45, 7) is 0.575. The molecule has 19 heavy (non-hydrogen) atoms. The van der Waals surface area contributed by atoms with E-state index >= 15 is 0 Å². The van der Waals surface area contributed by atoms with Crippen LogP contribution in [0, 0.1) is 0 Å². The number of ether oxygens (including phenoxy) is 1. The van der Waals surface area contributed by atoms with E-state index in [4.69, 9.17) is 10.5 Å². The third-order valence-electron chi connectivity index (χ3n) is 2.38. The highest BCUT2D eigenvalue weighted by molar-refractivity contribution is 8.00. The molecule has 0 unspecified atom stereocenters. The number of thiophene rings is 1. The normalized spacial score (nSPS) is 10.3. The first-order chi connectivity index (χ1) is 9.25. The number of rotatable bonds is 7. The second-order valence-corrected chi connectivity index (χ2v) is 5.93. The Morgan fingerprint density at radius 2 is 2.21 bits per heavy atom. The topological polar surface area (TPSA) is 52.3 Å². The molecule has 100 valence electrons. The summed E-state index contributed by atoms with van der Waals surface area (Å²) in [6, 6.07) is 11.1. The molecule has 0 aliphatic rings. The molecule has 0 spiro atoms. The smallest absolute Gasteiger partial charge is 0.182 e. The quantitative estimate of drug-likeness (QED) is 0.483. The number of anilines is 1. The summed E-state index contributed by atoms with van der Waals surface area (Å²) in [7, 11) is 0. The minimum absolute atomic E-state index is 0.184. The van der Waals surface area contributed by atoms with Crippen LogP contribution in [0.5, 0.6) is 5.75 Å². The predicted molar refractivity (Wildman–Crippen MR) is 82.3 cm³/mol. The lowest BCUT2D eigenvalue weighted by Crippen LogP contribution is -2.05. The lowest BCUT2D eigenvalue weighted by molar-refractivity contribution is 0.102. The van der Waals surface area contributed by atoms with Gasteiger partial charge < -0.3 is 10.5 Å². The van der Waals surface area contributed by atoms with Gasteiger partial charge in [0.15, 0.2) is 5.78 Å². The summed E-state index contributed by atoms with van der Waals surface area (Å²) in [5.74, 6) is 2.24. The van der Waals surface area contributed by atoms with Crippen LogP contribution in [0.2, 0.25) is 0 Å². The first kappa shape index (κ1) is 14.0. The Morgan fingerprint density at radius 3 is 2.95 bits per heavy atom. The Hall–Kier alpha value is -1.46. The number of carbonyl (C=O) groups excluding carboxylic acids is 1. The molecule has 2 aromatic rings. The number of benzene rings is 1. The minimum Gasteiger partial charge on any atom is -0.493 e. The van der Waals surface area contributed by atoms with E-state index in [1.165, 1.54) is 11.3 Å². The molecule has 2 N–H and O–H groups in total. The van der Waals surface area contributed by atoms with Gasteiger partial charge in [-0.25, -0.2) is 0 Å². The van der Waals surface area contributed by atoms with E-state index in [0.717, 1.165) is 16.4 Å². The highest BCUT2D eigenvalue weighted by Gasteiger charge is 2.06. The molecule has 0 aliphatic carbocycles. The predicted octanol–water partition coefficient (Wildman–Crippen LogP) is 3.33. The monoisotopic (exact) mass is 293 g/mol. The lowest BCUT2D eigenvalue weighted by Gasteiger charge is -2.06. The highest BCUT2D eigenvalue weighted by Crippen LogP contribution is 2.16. The Balaban J connectivity index is 1.64. The average molecular weight is 293 g/mol. The number of hydrogen-bond acceptors (Lipinski definition) is 5. The van der Waals surface area contributed by atoms with Crippen molar-refractivity contribution < 1.29 is 9.53 Å². The van der Waals surface area contributed by atoms with Crippen LogP contribution in [0.3, 0.4) is 0 Å². The summed E-state index contributed by atoms with van der Waals surface area (Å²) in [5, 5.41) is 1.92. The summed E-state index contributed by atoms with van der Waals surface area (Å²) in [5.41, 5.74) is 6.35. The van der Waals surface area contributed by atoms with Gasteiger partial charge in [-0.05, 0) is 23.6 Å². The van der Waals surface area contributed by atoms with Crippen molar-refractivity contribution in [2.45, 2.75) is 0 Å². The first-order valence-corrected chi connectivity index (χ1v) is 7.92. The fourth-order valence-electron chi connectivity index (χ4n) is 1.50. The highest BCUT2D eigenvalue weighted by atomic mass is 32.2. The van der Waals surface area contributed by atoms with E-state index in [0.29, 0.717) is 18.0 Å². The van der Waals surface area contributed by atoms with Gasteiger partial charge in [-0.2, -0.15) is 11.8 Å². The fraction of sp³-hybridized carbons (Fsp3) is 0.214. The zero-order valence-corrected chi connectivity index (χ0v) is 12.0. The van der Waals surface area contributed by atoms with Crippen molar-refractivity contribution in [1.82, 2.24) is 0 Å². The van der Waals surface area contributed by atoms with Gasteiger partial charge in [0.25, 0.3) is 0 Å². The van der Waals surface area contributed by atoms with Crippen LogP contribution in [0.15, 0.2) is 41.8 Å². The number of nitrogen functional groups attached to an aromatic ring is 1. The first-order valence-electron chi connectivity index (χ1n) is 5.88. The molecule has 0 bridgehead atoms. The van der Waals surface area contributed by atoms with Crippen molar-refractivity contribution in [3.05, 3.63) is 46.7 Å². The van der Waals surface area contributed by atoms with Gasteiger partial charge in [-0.1, -0.05) is 12.1 Å². The SMILES string of the molecule is Nc1cccc(OCCSCC(=O)c2cccs2)c1. The Kier molecular flexibility index (Phi) is 5.30. The fourth-order valence-corrected chi connectivity index (χ4v) is 2.94. The summed E-state index contributed by atoms with van der Waals surface area (Å²) in [4.78, 5) is 12.5. The van der Waals surface area contributed by atoms with E-state index in [-0.39, 0.29) is 5.78 Å². The zero-order chi connectivity index (χ0) is 13.5. The van der Waals surface area contributed by atoms with Gasteiger partial charge in [0.05, 0.1) is 17.2 Å². The van der Waals surface area contributed by atoms with Gasteiger partial charge in [-0.3, -0.25) is 4.79 Å². The van der Waals surface area contributed by atoms with Gasteiger partial charge in [0.1, 0.15) is 5.75 Å². The number of Topliss-reactive ketones (excluding diaryl/α,β-unsaturated/α-hetero) is 1. The number of hydrogen-bond donors (Lipinski definition) is 1. The standard InChI is InChI=1S/C14H15NO2S2/c15-11-3-1-4-12(9-11)17-6-8-18-10-13(16)14-5-2-7-19-14/h1-5,7,9H,6,8,10,15H2. The maximum atomic E-state index is 11.7. The van der Waals surface area contributed by atoms with E-state index in [9.17, 15) is 4.79 Å². The van der Waals surface area contributed by atoms with Crippen molar-refractivity contribution in [1.29, 1.82) is 0 Å². The summed E-state index contributed by atoms with van der Waals surface area (Å²) < 4.78 is 5.55. The molecule has 5 heteroatoms. The second kappa shape index (κ2) is 7.21. The second-order valence-electron chi connectivity index (χ2n) is 3.87. The molecule has 0 atom stereocenters. The van der Waals surface area contributed by atoms with Gasteiger partial charge >= 0.3 is 0 Å². The van der Waals surface area contributed by atoms with Crippen molar-refractivity contribution in [2.75, 3.05) is 23.8 Å². The summed E-state index contributed by atoms with van der Waals surface area (Å²) in [6.07, 6.45) is 0. The molecule has 0 aliphatic heterocycles. The molecule has 1 aromatic heterocycles. The molecule has 0 amide bonds. The van der Waals surface area contributed by atoms with Gasteiger partial charge in [0, 0.05) is 17.5 Å². The van der Waals surface area contributed by atoms with Crippen LogP contribution >= 0.6 is 23.1 Å². The number of nitrogens with two attached hydrogens (primary N) is 1. The van der Waals surface area contributed by atoms with E-state index in [2.05, 4.69) is 0 Å². The lowest BCUT2D eigenvalue weighted by atomic mass is 10.3. The molecule has 0 radical (unpaired) electrons. The Morgan fingerprint density at radius 1 is 1.32 bits per heavy atom. The molecular formula is C14H15NO2S2. The van der Waals surface area contributed by atoms with E-state index in [1.807, 2.05) is 35.7 Å². The third kappa shape index (κ3) is 4.61. The van der Waals surface area contributed by atoms with Crippen LogP contribution in [0.1, 0.15) is 9.67 Å². The minimum atomic E-state index is 0.184. The number of carbonyl (C=O) groups is 1. The zero-order valence-electron chi connectivity index (χ0n) is 10.4. The summed E-state index contributed by atoms with van der Waals surface area (Å²) >= 11 is 3.07. The molecule has 0 saturated carbocycles. The third-order valence-corrected chi connectivity index (χ3v) is 4.22. The number of thioether (sulfide) groups is 1. The average Bonchev–Trinajstić information content (AvgIpc) is 2.92. The molecule has 1 heterocycles. The Labute approximate surface area is 120 Å². The number of ketones is 1. The Bertz CT molecular complexity index is 526. The van der Waals surface area contributed by atoms with Crippen molar-refractivity contribution in [3.63, 3.8) is 0 Å². The van der Waals surface area contributed by atoms with Gasteiger partial charge in [-0.15, -0.1) is 11.3 Å². The maximum Gasteiger partial charge on any atom is 0.182 e. The van der Waals surface area contributed by atoms with Crippen LogP contribution in [-0.2, 0) is 0 Å². The molecular weight excluding hydrogens is 278 g/mol. The molecule has 3 nitrogen and oxygen atoms in total. The van der Waals surface area contributed by atoms with Crippen LogP contribution < -0.4 is 10.5 Å². The van der Waals surface area contributed by atoms with Crippen LogP contribution in [0.25, 0.3) is 0 Å². The molecule has 2 rings (SSSR count). The van der Waals surface area contributed by atoms with Crippen LogP contribution in [-0.4, -0.2) is 23.9 Å². The van der Waals surface area contributed by atoms with E-state index in [1.54, 1.807) is 17.8 Å². The van der Waals surface area contributed by atoms with Crippen molar-refractivity contribution >= 4 is 34.6 Å².